The fraction of sp³-hybridized carbons (Fsp3) is 0.263. The van der Waals surface area contributed by atoms with E-state index >= 15 is 0 Å². The Morgan fingerprint density at radius 1 is 1.14 bits per heavy atom. The molecule has 10 heteroatoms. The summed E-state index contributed by atoms with van der Waals surface area (Å²) < 4.78 is 46.2. The highest BCUT2D eigenvalue weighted by molar-refractivity contribution is 5.80. The molecule has 1 aromatic carbocycles. The van der Waals surface area contributed by atoms with Crippen molar-refractivity contribution in [3.8, 4) is 5.75 Å². The number of benzene rings is 1. The van der Waals surface area contributed by atoms with Gasteiger partial charge in [0.25, 0.3) is 5.56 Å². The van der Waals surface area contributed by atoms with E-state index in [0.717, 1.165) is 30.5 Å². The number of methoxy groups -OCH3 is 1. The normalized spacial score (nSPS) is 12.1. The number of aromatic amines is 1. The first-order valence-electron chi connectivity index (χ1n) is 8.65. The van der Waals surface area contributed by atoms with Crippen LogP contribution in [0.4, 0.5) is 13.2 Å². The first-order chi connectivity index (χ1) is 13.7. The zero-order valence-electron chi connectivity index (χ0n) is 15.8. The Hall–Kier alpha value is -3.43. The summed E-state index contributed by atoms with van der Waals surface area (Å²) in [5.41, 5.74) is 0.910. The summed E-state index contributed by atoms with van der Waals surface area (Å²) in [7, 11) is 1.14. The Bertz CT molecular complexity index is 1270. The van der Waals surface area contributed by atoms with Crippen LogP contribution in [0, 0.1) is 13.8 Å². The average molecular weight is 403 g/mol. The van der Waals surface area contributed by atoms with Gasteiger partial charge in [0.05, 0.1) is 29.3 Å². The molecule has 0 atom stereocenters. The van der Waals surface area contributed by atoms with Gasteiger partial charge in [0.1, 0.15) is 11.6 Å². The number of nitrogens with zero attached hydrogens (tertiary/aromatic N) is 4. The molecule has 0 aliphatic rings. The van der Waals surface area contributed by atoms with Gasteiger partial charge in [-0.2, -0.15) is 13.2 Å². The molecule has 0 spiro atoms. The van der Waals surface area contributed by atoms with Crippen molar-refractivity contribution >= 4 is 16.7 Å². The number of hydrogen-bond acceptors (Lipinski definition) is 5. The Morgan fingerprint density at radius 3 is 2.59 bits per heavy atom. The highest BCUT2D eigenvalue weighted by Crippen LogP contribution is 2.37. The minimum Gasteiger partial charge on any atom is -0.496 e. The van der Waals surface area contributed by atoms with Crippen LogP contribution in [-0.2, 0) is 12.6 Å². The number of nitrogens with one attached hydrogen (secondary N) is 1. The van der Waals surface area contributed by atoms with Crippen molar-refractivity contribution in [1.82, 2.24) is 24.3 Å². The summed E-state index contributed by atoms with van der Waals surface area (Å²) in [6.07, 6.45) is -0.791. The van der Waals surface area contributed by atoms with Gasteiger partial charge in [-0.25, -0.2) is 15.0 Å². The van der Waals surface area contributed by atoms with E-state index in [-0.39, 0.29) is 23.1 Å². The van der Waals surface area contributed by atoms with Gasteiger partial charge in [0.15, 0.2) is 0 Å². The van der Waals surface area contributed by atoms with Gasteiger partial charge >= 0.3 is 6.18 Å². The predicted molar refractivity (Wildman–Crippen MR) is 99.2 cm³/mol. The van der Waals surface area contributed by atoms with Crippen molar-refractivity contribution in [3.05, 3.63) is 63.2 Å². The van der Waals surface area contributed by atoms with E-state index in [1.807, 2.05) is 20.0 Å². The number of alkyl halides is 3. The molecular formula is C19H16F3N5O2. The maximum Gasteiger partial charge on any atom is 0.419 e. The van der Waals surface area contributed by atoms with Crippen molar-refractivity contribution < 1.29 is 17.9 Å². The number of H-pyrrole nitrogens is 1. The maximum atomic E-state index is 13.2. The zero-order chi connectivity index (χ0) is 20.9. The lowest BCUT2D eigenvalue weighted by Gasteiger charge is -2.13. The van der Waals surface area contributed by atoms with E-state index < -0.39 is 23.0 Å². The molecule has 7 nitrogen and oxygen atoms in total. The third-order valence-corrected chi connectivity index (χ3v) is 4.66. The van der Waals surface area contributed by atoms with Crippen LogP contribution in [0.2, 0.25) is 0 Å². The molecule has 3 heterocycles. The molecule has 4 aromatic rings. The van der Waals surface area contributed by atoms with Crippen LogP contribution < -0.4 is 10.3 Å². The van der Waals surface area contributed by atoms with Gasteiger partial charge in [-0.3, -0.25) is 9.20 Å². The molecule has 1 N–H and O–H groups in total. The SMILES string of the molecule is COc1cc2nc(Cc3cn4cc(C)c(C)nc4n3)[nH]c(=O)c2cc1C(F)(F)F. The molecule has 4 rings (SSSR count). The van der Waals surface area contributed by atoms with Crippen LogP contribution in [0.5, 0.6) is 5.75 Å². The molecule has 0 saturated carbocycles. The van der Waals surface area contributed by atoms with Crippen LogP contribution in [0.3, 0.4) is 0 Å². The molecule has 29 heavy (non-hydrogen) atoms. The summed E-state index contributed by atoms with van der Waals surface area (Å²) in [5.74, 6) is 0.404. The Labute approximate surface area is 162 Å². The van der Waals surface area contributed by atoms with Gasteiger partial charge in [-0.05, 0) is 25.5 Å². The van der Waals surface area contributed by atoms with Crippen molar-refractivity contribution in [2.45, 2.75) is 26.4 Å². The van der Waals surface area contributed by atoms with Gasteiger partial charge < -0.3 is 9.72 Å². The molecule has 0 aliphatic carbocycles. The summed E-state index contributed by atoms with van der Waals surface area (Å²) >= 11 is 0. The predicted octanol–water partition coefficient (Wildman–Crippen LogP) is 3.20. The minimum atomic E-state index is -4.65. The Morgan fingerprint density at radius 2 is 1.90 bits per heavy atom. The monoisotopic (exact) mass is 403 g/mol. The topological polar surface area (TPSA) is 85.2 Å². The first-order valence-corrected chi connectivity index (χ1v) is 8.65. The van der Waals surface area contributed by atoms with Gasteiger partial charge in [0.2, 0.25) is 5.78 Å². The molecule has 0 radical (unpaired) electrons. The van der Waals surface area contributed by atoms with Crippen LogP contribution in [-0.4, -0.2) is 31.4 Å². The quantitative estimate of drug-likeness (QED) is 0.568. The van der Waals surface area contributed by atoms with Crippen molar-refractivity contribution in [2.75, 3.05) is 7.11 Å². The van der Waals surface area contributed by atoms with Crippen molar-refractivity contribution in [3.63, 3.8) is 0 Å². The summed E-state index contributed by atoms with van der Waals surface area (Å²) in [5, 5.41) is -0.162. The molecule has 0 amide bonds. The second kappa shape index (κ2) is 6.57. The lowest BCUT2D eigenvalue weighted by atomic mass is 10.1. The number of rotatable bonds is 3. The summed E-state index contributed by atoms with van der Waals surface area (Å²) in [6.45, 7) is 3.82. The van der Waals surface area contributed by atoms with Crippen LogP contribution >= 0.6 is 0 Å². The van der Waals surface area contributed by atoms with E-state index in [1.165, 1.54) is 0 Å². The largest absolute Gasteiger partial charge is 0.496 e. The molecule has 0 saturated heterocycles. The zero-order valence-corrected chi connectivity index (χ0v) is 15.8. The van der Waals surface area contributed by atoms with Crippen LogP contribution in [0.1, 0.15) is 28.3 Å². The molecule has 0 bridgehead atoms. The smallest absolute Gasteiger partial charge is 0.419 e. The van der Waals surface area contributed by atoms with Crippen molar-refractivity contribution in [2.24, 2.45) is 0 Å². The third kappa shape index (κ3) is 3.41. The number of hydrogen-bond donors (Lipinski definition) is 1. The highest BCUT2D eigenvalue weighted by atomic mass is 19.4. The maximum absolute atomic E-state index is 13.2. The van der Waals surface area contributed by atoms with Crippen molar-refractivity contribution in [1.29, 1.82) is 0 Å². The number of aryl methyl sites for hydroxylation is 2. The number of aromatic nitrogens is 5. The third-order valence-electron chi connectivity index (χ3n) is 4.66. The van der Waals surface area contributed by atoms with Gasteiger partial charge in [0, 0.05) is 30.6 Å². The molecular weight excluding hydrogens is 387 g/mol. The van der Waals surface area contributed by atoms with Gasteiger partial charge in [-0.15, -0.1) is 0 Å². The van der Waals surface area contributed by atoms with Crippen LogP contribution in [0.25, 0.3) is 16.7 Å². The fourth-order valence-electron chi connectivity index (χ4n) is 3.10. The second-order valence-corrected chi connectivity index (χ2v) is 6.71. The van der Waals surface area contributed by atoms with E-state index in [1.54, 1.807) is 10.6 Å². The first kappa shape index (κ1) is 18.9. The van der Waals surface area contributed by atoms with E-state index in [4.69, 9.17) is 4.74 Å². The van der Waals surface area contributed by atoms with E-state index in [0.29, 0.717) is 11.5 Å². The number of ether oxygens (including phenoxy) is 1. The molecule has 3 aromatic heterocycles. The van der Waals surface area contributed by atoms with Gasteiger partial charge in [-0.1, -0.05) is 0 Å². The average Bonchev–Trinajstić information content (AvgIpc) is 3.01. The Kier molecular flexibility index (Phi) is 4.29. The number of imidazole rings is 1. The standard InChI is InChI=1S/C19H16F3N5O2/c1-9-7-27-8-11(24-18(27)23-10(9)2)4-16-25-14-6-15(29-3)13(19(20,21)22)5-12(14)17(28)26-16/h5-8H,4H2,1-3H3,(H,25,26,28). The lowest BCUT2D eigenvalue weighted by Crippen LogP contribution is -2.15. The Balaban J connectivity index is 1.78. The molecule has 0 fully saturated rings. The van der Waals surface area contributed by atoms with E-state index in [9.17, 15) is 18.0 Å². The molecule has 150 valence electrons. The second-order valence-electron chi connectivity index (χ2n) is 6.71. The van der Waals surface area contributed by atoms with Crippen LogP contribution in [0.15, 0.2) is 29.3 Å². The molecule has 0 aliphatic heterocycles. The molecule has 0 unspecified atom stereocenters. The van der Waals surface area contributed by atoms with E-state index in [2.05, 4.69) is 19.9 Å². The number of halogens is 3. The fourth-order valence-corrected chi connectivity index (χ4v) is 3.10. The minimum absolute atomic E-state index is 0.113. The summed E-state index contributed by atoms with van der Waals surface area (Å²) in [4.78, 5) is 28.0. The number of fused-ring (bicyclic) bond motifs is 2. The highest BCUT2D eigenvalue weighted by Gasteiger charge is 2.35. The lowest BCUT2D eigenvalue weighted by molar-refractivity contribution is -0.138. The summed E-state index contributed by atoms with van der Waals surface area (Å²) in [6, 6.07) is 1.87.